The van der Waals surface area contributed by atoms with E-state index in [0.717, 1.165) is 28.7 Å². The molecule has 0 aliphatic rings. The van der Waals surface area contributed by atoms with E-state index >= 15 is 0 Å². The minimum Gasteiger partial charge on any atom is -0.491 e. The Morgan fingerprint density at radius 1 is 1.19 bits per heavy atom. The standard InChI is InChI=1S/C21H20N4O5S/c22-21(27)15-7-8-18(16(12-15)25(28)29)31-13-19(26)23-10-3-11-30-17-6-1-4-14-5-2-9-24-20(14)17/h1-2,4-9,12H,3,10-11,13H2,(H2,22,27)(H,23,26). The number of hydrogen-bond acceptors (Lipinski definition) is 7. The fourth-order valence-electron chi connectivity index (χ4n) is 2.80. The average Bonchev–Trinajstić information content (AvgIpc) is 2.77. The molecule has 0 saturated heterocycles. The molecule has 1 aromatic heterocycles. The highest BCUT2D eigenvalue weighted by atomic mass is 32.2. The summed E-state index contributed by atoms with van der Waals surface area (Å²) in [7, 11) is 0. The molecule has 0 aliphatic heterocycles. The van der Waals surface area contributed by atoms with Crippen molar-refractivity contribution in [1.29, 1.82) is 0 Å². The zero-order valence-corrected chi connectivity index (χ0v) is 17.3. The van der Waals surface area contributed by atoms with Crippen LogP contribution in [0.15, 0.2) is 59.6 Å². The summed E-state index contributed by atoms with van der Waals surface area (Å²) in [6.45, 7) is 0.809. The van der Waals surface area contributed by atoms with Crippen molar-refractivity contribution in [3.8, 4) is 5.75 Å². The number of carbonyl (C=O) groups is 2. The van der Waals surface area contributed by atoms with Crippen LogP contribution in [0, 0.1) is 10.1 Å². The Balaban J connectivity index is 1.44. The number of rotatable bonds is 10. The quantitative estimate of drug-likeness (QED) is 0.214. The van der Waals surface area contributed by atoms with Crippen LogP contribution < -0.4 is 15.8 Å². The third kappa shape index (κ3) is 5.92. The van der Waals surface area contributed by atoms with Crippen LogP contribution in [0.3, 0.4) is 0 Å². The lowest BCUT2D eigenvalue weighted by molar-refractivity contribution is -0.387. The lowest BCUT2D eigenvalue weighted by Gasteiger charge is -2.09. The van der Waals surface area contributed by atoms with Crippen molar-refractivity contribution in [2.24, 2.45) is 5.73 Å². The van der Waals surface area contributed by atoms with Gasteiger partial charge in [-0.2, -0.15) is 0 Å². The number of primary amides is 1. The van der Waals surface area contributed by atoms with E-state index in [1.165, 1.54) is 12.1 Å². The van der Waals surface area contributed by atoms with Crippen LogP contribution in [-0.4, -0.2) is 40.6 Å². The third-order valence-electron chi connectivity index (χ3n) is 4.30. The molecule has 0 unspecified atom stereocenters. The van der Waals surface area contributed by atoms with Crippen LogP contribution in [0.2, 0.25) is 0 Å². The Kier molecular flexibility index (Phi) is 7.39. The topological polar surface area (TPSA) is 137 Å². The maximum atomic E-state index is 12.1. The predicted octanol–water partition coefficient (Wildman–Crippen LogP) is 2.92. The van der Waals surface area contributed by atoms with E-state index in [2.05, 4.69) is 10.3 Å². The Hall–Kier alpha value is -3.66. The van der Waals surface area contributed by atoms with Gasteiger partial charge in [0.2, 0.25) is 11.8 Å². The lowest BCUT2D eigenvalue weighted by atomic mass is 10.2. The van der Waals surface area contributed by atoms with Gasteiger partial charge in [0.05, 0.1) is 22.2 Å². The van der Waals surface area contributed by atoms with E-state index in [1.807, 2.05) is 30.3 Å². The van der Waals surface area contributed by atoms with Gasteiger partial charge in [0, 0.05) is 29.8 Å². The van der Waals surface area contributed by atoms with E-state index in [4.69, 9.17) is 10.5 Å². The minimum atomic E-state index is -0.751. The second-order valence-electron chi connectivity index (χ2n) is 6.48. The fraction of sp³-hybridized carbons (Fsp3) is 0.190. The van der Waals surface area contributed by atoms with Crippen molar-refractivity contribution in [3.63, 3.8) is 0 Å². The van der Waals surface area contributed by atoms with Crippen molar-refractivity contribution in [3.05, 3.63) is 70.4 Å². The molecule has 0 bridgehead atoms. The lowest BCUT2D eigenvalue weighted by Crippen LogP contribution is -2.27. The highest BCUT2D eigenvalue weighted by Crippen LogP contribution is 2.30. The summed E-state index contributed by atoms with van der Waals surface area (Å²) >= 11 is 1.02. The monoisotopic (exact) mass is 440 g/mol. The predicted molar refractivity (Wildman–Crippen MR) is 117 cm³/mol. The second kappa shape index (κ2) is 10.4. The normalized spacial score (nSPS) is 10.6. The Labute approximate surface area is 182 Å². The first-order valence-corrected chi connectivity index (χ1v) is 10.4. The molecule has 0 atom stereocenters. The van der Waals surface area contributed by atoms with Gasteiger partial charge < -0.3 is 15.8 Å². The number of nitrogens with one attached hydrogen (secondary N) is 1. The molecule has 2 aromatic carbocycles. The van der Waals surface area contributed by atoms with Crippen LogP contribution in [0.1, 0.15) is 16.8 Å². The maximum Gasteiger partial charge on any atom is 0.283 e. The number of para-hydroxylation sites is 1. The number of hydrogen-bond donors (Lipinski definition) is 2. The molecule has 0 radical (unpaired) electrons. The molecule has 160 valence electrons. The number of pyridine rings is 1. The summed E-state index contributed by atoms with van der Waals surface area (Å²) in [5.41, 5.74) is 5.72. The number of nitrogens with zero attached hydrogens (tertiary/aromatic N) is 2. The number of benzene rings is 2. The summed E-state index contributed by atoms with van der Waals surface area (Å²) in [5, 5.41) is 14.9. The van der Waals surface area contributed by atoms with E-state index in [-0.39, 0.29) is 27.8 Å². The molecule has 9 nitrogen and oxygen atoms in total. The van der Waals surface area contributed by atoms with Gasteiger partial charge in [-0.15, -0.1) is 11.8 Å². The van der Waals surface area contributed by atoms with Gasteiger partial charge in [-0.05, 0) is 30.7 Å². The van der Waals surface area contributed by atoms with Gasteiger partial charge in [0.25, 0.3) is 5.69 Å². The van der Waals surface area contributed by atoms with Crippen molar-refractivity contribution >= 4 is 40.2 Å². The highest BCUT2D eigenvalue weighted by Gasteiger charge is 2.18. The minimum absolute atomic E-state index is 0.00482. The maximum absolute atomic E-state index is 12.1. The molecular formula is C21H20N4O5S. The summed E-state index contributed by atoms with van der Waals surface area (Å²) in [4.78, 5) is 38.5. The summed E-state index contributed by atoms with van der Waals surface area (Å²) < 4.78 is 5.77. The Morgan fingerprint density at radius 3 is 2.77 bits per heavy atom. The van der Waals surface area contributed by atoms with Crippen LogP contribution >= 0.6 is 11.8 Å². The van der Waals surface area contributed by atoms with Gasteiger partial charge in [0.15, 0.2) is 0 Å². The van der Waals surface area contributed by atoms with Gasteiger partial charge in [0.1, 0.15) is 11.3 Å². The number of nitro benzene ring substituents is 1. The number of fused-ring (bicyclic) bond motifs is 1. The Morgan fingerprint density at radius 2 is 2.00 bits per heavy atom. The summed E-state index contributed by atoms with van der Waals surface area (Å²) in [6.07, 6.45) is 2.30. The molecule has 1 heterocycles. The van der Waals surface area contributed by atoms with Crippen molar-refractivity contribution < 1.29 is 19.2 Å². The van der Waals surface area contributed by atoms with Crippen molar-refractivity contribution in [2.75, 3.05) is 18.9 Å². The SMILES string of the molecule is NC(=O)c1ccc(SCC(=O)NCCCOc2cccc3cccnc23)c([N+](=O)[O-])c1. The molecule has 3 rings (SSSR count). The van der Waals surface area contributed by atoms with Gasteiger partial charge in [-0.25, -0.2) is 0 Å². The average molecular weight is 440 g/mol. The smallest absolute Gasteiger partial charge is 0.283 e. The van der Waals surface area contributed by atoms with Crippen LogP contribution in [0.4, 0.5) is 5.69 Å². The van der Waals surface area contributed by atoms with Crippen LogP contribution in [0.25, 0.3) is 10.9 Å². The summed E-state index contributed by atoms with van der Waals surface area (Å²) in [5.74, 6) is -0.319. The van der Waals surface area contributed by atoms with Gasteiger partial charge in [-0.3, -0.25) is 24.7 Å². The number of aromatic nitrogens is 1. The number of carbonyl (C=O) groups excluding carboxylic acids is 2. The number of thioether (sulfide) groups is 1. The summed E-state index contributed by atoms with van der Waals surface area (Å²) in [6, 6.07) is 13.5. The molecule has 0 saturated carbocycles. The number of nitro groups is 1. The molecule has 0 aliphatic carbocycles. The first-order chi connectivity index (χ1) is 15.0. The first kappa shape index (κ1) is 22.0. The number of amides is 2. The molecule has 0 spiro atoms. The van der Waals surface area contributed by atoms with Crippen LogP contribution in [-0.2, 0) is 4.79 Å². The highest BCUT2D eigenvalue weighted by molar-refractivity contribution is 8.00. The van der Waals surface area contributed by atoms with Gasteiger partial charge in [-0.1, -0.05) is 18.2 Å². The number of nitrogens with two attached hydrogens (primary N) is 1. The van der Waals surface area contributed by atoms with E-state index in [0.29, 0.717) is 25.3 Å². The fourth-order valence-corrected chi connectivity index (χ4v) is 3.64. The molecule has 31 heavy (non-hydrogen) atoms. The van der Waals surface area contributed by atoms with Crippen LogP contribution in [0.5, 0.6) is 5.75 Å². The zero-order valence-electron chi connectivity index (χ0n) is 16.4. The largest absolute Gasteiger partial charge is 0.491 e. The number of ether oxygens (including phenoxy) is 1. The molecule has 3 aromatic rings. The molecule has 3 N–H and O–H groups in total. The molecule has 0 fully saturated rings. The Bertz CT molecular complexity index is 1120. The first-order valence-electron chi connectivity index (χ1n) is 9.40. The zero-order chi connectivity index (χ0) is 22.2. The molecule has 2 amide bonds. The van der Waals surface area contributed by atoms with E-state index in [1.54, 1.807) is 6.20 Å². The molecule has 10 heteroatoms. The molecular weight excluding hydrogens is 420 g/mol. The van der Waals surface area contributed by atoms with E-state index in [9.17, 15) is 19.7 Å². The van der Waals surface area contributed by atoms with Gasteiger partial charge >= 0.3 is 0 Å². The van der Waals surface area contributed by atoms with Crippen molar-refractivity contribution in [2.45, 2.75) is 11.3 Å². The second-order valence-corrected chi connectivity index (χ2v) is 7.49. The third-order valence-corrected chi connectivity index (χ3v) is 5.36. The van der Waals surface area contributed by atoms with E-state index < -0.39 is 10.8 Å². The van der Waals surface area contributed by atoms with Crippen molar-refractivity contribution in [1.82, 2.24) is 10.3 Å².